The van der Waals surface area contributed by atoms with Crippen LogP contribution in [-0.2, 0) is 14.6 Å². The van der Waals surface area contributed by atoms with Gasteiger partial charge in [-0.2, -0.15) is 0 Å². The van der Waals surface area contributed by atoms with Crippen LogP contribution < -0.4 is 0 Å². The first kappa shape index (κ1) is 14.7. The molecule has 1 atom stereocenters. The number of rotatable bonds is 2. The maximum absolute atomic E-state index is 12.5. The zero-order chi connectivity index (χ0) is 15.0. The summed E-state index contributed by atoms with van der Waals surface area (Å²) in [5, 5.41) is 0. The van der Waals surface area contributed by atoms with Gasteiger partial charge in [-0.15, -0.1) is 0 Å². The fraction of sp³-hybridized carbons (Fsp3) is 0.308. The Hall–Kier alpha value is -1.25. The van der Waals surface area contributed by atoms with Crippen LogP contribution in [0.25, 0.3) is 6.08 Å². The molecule has 2 fully saturated rings. The lowest BCUT2D eigenvalue weighted by Crippen LogP contribution is -2.39. The van der Waals surface area contributed by atoms with Crippen LogP contribution in [0, 0.1) is 0 Å². The Morgan fingerprint density at radius 1 is 1.48 bits per heavy atom. The number of aromatic nitrogens is 1. The highest BCUT2D eigenvalue weighted by Gasteiger charge is 2.41. The van der Waals surface area contributed by atoms with E-state index in [-0.39, 0.29) is 23.5 Å². The molecule has 0 spiro atoms. The number of thiocarbonyl (C=S) groups is 1. The van der Waals surface area contributed by atoms with Gasteiger partial charge in [0, 0.05) is 12.4 Å². The van der Waals surface area contributed by atoms with Crippen LogP contribution in [0.1, 0.15) is 12.0 Å². The second-order valence-electron chi connectivity index (χ2n) is 4.89. The van der Waals surface area contributed by atoms with Gasteiger partial charge in [-0.25, -0.2) is 8.42 Å². The molecule has 0 bridgehead atoms. The van der Waals surface area contributed by atoms with Gasteiger partial charge in [0.2, 0.25) is 0 Å². The molecule has 2 aliphatic heterocycles. The van der Waals surface area contributed by atoms with Crippen molar-refractivity contribution in [2.45, 2.75) is 12.5 Å². The molecule has 0 N–H and O–H groups in total. The SMILES string of the molecule is O=C1/C(=C/c2cccnc2)SC(=S)N1[C@@H]1CCS(=O)(=O)C1. The number of amides is 1. The van der Waals surface area contributed by atoms with Crippen LogP contribution in [0.15, 0.2) is 29.4 Å². The molecule has 3 heterocycles. The smallest absolute Gasteiger partial charge is 0.266 e. The van der Waals surface area contributed by atoms with E-state index in [0.717, 1.165) is 5.56 Å². The van der Waals surface area contributed by atoms with E-state index in [0.29, 0.717) is 15.6 Å². The molecule has 3 rings (SSSR count). The number of hydrogen-bond donors (Lipinski definition) is 0. The van der Waals surface area contributed by atoms with Crippen molar-refractivity contribution in [2.75, 3.05) is 11.5 Å². The number of thioether (sulfide) groups is 1. The van der Waals surface area contributed by atoms with Crippen LogP contribution in [-0.4, -0.2) is 46.1 Å². The molecule has 5 nitrogen and oxygen atoms in total. The lowest BCUT2D eigenvalue weighted by atomic mass is 10.2. The van der Waals surface area contributed by atoms with Gasteiger partial charge in [0.05, 0.1) is 22.5 Å². The van der Waals surface area contributed by atoms with Crippen molar-refractivity contribution in [1.82, 2.24) is 9.88 Å². The van der Waals surface area contributed by atoms with E-state index in [4.69, 9.17) is 12.2 Å². The Balaban J connectivity index is 1.85. The van der Waals surface area contributed by atoms with Gasteiger partial charge < -0.3 is 0 Å². The van der Waals surface area contributed by atoms with E-state index >= 15 is 0 Å². The van der Waals surface area contributed by atoms with Gasteiger partial charge in [-0.05, 0) is 24.1 Å². The van der Waals surface area contributed by atoms with Crippen molar-refractivity contribution in [3.05, 3.63) is 35.0 Å². The predicted octanol–water partition coefficient (Wildman–Crippen LogP) is 1.47. The average Bonchev–Trinajstić information content (AvgIpc) is 2.91. The molecule has 2 aliphatic rings. The number of nitrogens with zero attached hydrogens (tertiary/aromatic N) is 2. The largest absolute Gasteiger partial charge is 0.289 e. The lowest BCUT2D eigenvalue weighted by Gasteiger charge is -2.20. The van der Waals surface area contributed by atoms with Gasteiger partial charge in [-0.3, -0.25) is 14.7 Å². The van der Waals surface area contributed by atoms with Gasteiger partial charge in [-0.1, -0.05) is 30.0 Å². The zero-order valence-electron chi connectivity index (χ0n) is 10.9. The Bertz CT molecular complexity index is 728. The third-order valence-corrected chi connectivity index (χ3v) is 6.46. The third kappa shape index (κ3) is 3.02. The summed E-state index contributed by atoms with van der Waals surface area (Å²) in [6.07, 6.45) is 5.50. The first-order valence-corrected chi connectivity index (χ1v) is 9.38. The molecule has 0 saturated carbocycles. The molecular weight excluding hydrogens is 328 g/mol. The molecule has 0 radical (unpaired) electrons. The summed E-state index contributed by atoms with van der Waals surface area (Å²) < 4.78 is 23.6. The Morgan fingerprint density at radius 3 is 2.90 bits per heavy atom. The average molecular weight is 340 g/mol. The number of carbonyl (C=O) groups is 1. The summed E-state index contributed by atoms with van der Waals surface area (Å²) >= 11 is 6.45. The molecule has 1 aromatic rings. The van der Waals surface area contributed by atoms with Gasteiger partial charge in [0.15, 0.2) is 9.84 Å². The fourth-order valence-electron chi connectivity index (χ4n) is 2.39. The fourth-order valence-corrected chi connectivity index (χ4v) is 5.49. The molecule has 1 amide bonds. The van der Waals surface area contributed by atoms with E-state index in [1.54, 1.807) is 24.5 Å². The normalized spacial score (nSPS) is 26.8. The number of hydrogen-bond acceptors (Lipinski definition) is 6. The minimum Gasteiger partial charge on any atom is -0.289 e. The topological polar surface area (TPSA) is 67.3 Å². The van der Waals surface area contributed by atoms with Gasteiger partial charge in [0.25, 0.3) is 5.91 Å². The molecule has 8 heteroatoms. The first-order chi connectivity index (χ1) is 9.96. The monoisotopic (exact) mass is 340 g/mol. The highest BCUT2D eigenvalue weighted by Crippen LogP contribution is 2.36. The molecule has 0 aliphatic carbocycles. The number of sulfone groups is 1. The van der Waals surface area contributed by atoms with E-state index in [1.165, 1.54) is 16.7 Å². The van der Waals surface area contributed by atoms with Crippen LogP contribution in [0.4, 0.5) is 0 Å². The zero-order valence-corrected chi connectivity index (χ0v) is 13.4. The van der Waals surface area contributed by atoms with Crippen molar-refractivity contribution in [1.29, 1.82) is 0 Å². The quantitative estimate of drug-likeness (QED) is 0.600. The van der Waals surface area contributed by atoms with Crippen molar-refractivity contribution in [3.63, 3.8) is 0 Å². The molecule has 1 aromatic heterocycles. The third-order valence-electron chi connectivity index (χ3n) is 3.38. The highest BCUT2D eigenvalue weighted by atomic mass is 32.2. The summed E-state index contributed by atoms with van der Waals surface area (Å²) in [6.45, 7) is 0. The van der Waals surface area contributed by atoms with Crippen molar-refractivity contribution >= 4 is 50.1 Å². The lowest BCUT2D eigenvalue weighted by molar-refractivity contribution is -0.123. The van der Waals surface area contributed by atoms with E-state index < -0.39 is 9.84 Å². The molecule has 2 saturated heterocycles. The molecule has 0 unspecified atom stereocenters. The minimum atomic E-state index is -3.05. The second-order valence-corrected chi connectivity index (χ2v) is 8.80. The number of carbonyl (C=O) groups excluding carboxylic acids is 1. The van der Waals surface area contributed by atoms with Crippen LogP contribution in [0.5, 0.6) is 0 Å². The first-order valence-electron chi connectivity index (χ1n) is 6.34. The molecule has 0 aromatic carbocycles. The van der Waals surface area contributed by atoms with Crippen LogP contribution in [0.2, 0.25) is 0 Å². The number of pyridine rings is 1. The van der Waals surface area contributed by atoms with Gasteiger partial charge >= 0.3 is 0 Å². The Morgan fingerprint density at radius 2 is 2.29 bits per heavy atom. The summed E-state index contributed by atoms with van der Waals surface area (Å²) in [7, 11) is -3.05. The maximum Gasteiger partial charge on any atom is 0.266 e. The Kier molecular flexibility index (Phi) is 3.85. The Labute approximate surface area is 132 Å². The molecule has 110 valence electrons. The van der Waals surface area contributed by atoms with E-state index in [9.17, 15) is 13.2 Å². The van der Waals surface area contributed by atoms with Crippen LogP contribution >= 0.6 is 24.0 Å². The van der Waals surface area contributed by atoms with Crippen molar-refractivity contribution in [3.8, 4) is 0 Å². The summed E-state index contributed by atoms with van der Waals surface area (Å²) in [4.78, 5) is 18.4. The maximum atomic E-state index is 12.5. The van der Waals surface area contributed by atoms with E-state index in [2.05, 4.69) is 4.98 Å². The summed E-state index contributed by atoms with van der Waals surface area (Å²) in [5.74, 6) is -0.0911. The highest BCUT2D eigenvalue weighted by molar-refractivity contribution is 8.26. The predicted molar refractivity (Wildman–Crippen MR) is 86.3 cm³/mol. The van der Waals surface area contributed by atoms with E-state index in [1.807, 2.05) is 6.07 Å². The van der Waals surface area contributed by atoms with Gasteiger partial charge in [0.1, 0.15) is 4.32 Å². The summed E-state index contributed by atoms with van der Waals surface area (Å²) in [5.41, 5.74) is 0.817. The summed E-state index contributed by atoms with van der Waals surface area (Å²) in [6, 6.07) is 3.30. The standard InChI is InChI=1S/C13H12N2O3S3/c16-12-11(6-9-2-1-4-14-7-9)20-13(19)15(12)10-3-5-21(17,18)8-10/h1-2,4,6-7,10H,3,5,8H2/b11-6-/t10-/m1/s1. The van der Waals surface area contributed by atoms with Crippen molar-refractivity contribution < 1.29 is 13.2 Å². The van der Waals surface area contributed by atoms with Crippen molar-refractivity contribution in [2.24, 2.45) is 0 Å². The second kappa shape index (κ2) is 5.51. The molecule has 21 heavy (non-hydrogen) atoms. The van der Waals surface area contributed by atoms with Crippen LogP contribution in [0.3, 0.4) is 0 Å². The molecular formula is C13H12N2O3S3. The minimum absolute atomic E-state index is 0.000384.